The maximum absolute atomic E-state index is 12.5. The van der Waals surface area contributed by atoms with Crippen molar-refractivity contribution in [2.75, 3.05) is 12.4 Å². The van der Waals surface area contributed by atoms with E-state index in [1.54, 1.807) is 7.11 Å². The van der Waals surface area contributed by atoms with Crippen LogP contribution >= 0.6 is 0 Å². The van der Waals surface area contributed by atoms with Gasteiger partial charge in [-0.15, -0.1) is 0 Å². The molecule has 3 rings (SSSR count). The second-order valence-corrected chi connectivity index (χ2v) is 6.08. The van der Waals surface area contributed by atoms with Crippen LogP contribution in [0.2, 0.25) is 0 Å². The van der Waals surface area contributed by atoms with Crippen LogP contribution in [0, 0.1) is 17.8 Å². The number of anilines is 1. The highest BCUT2D eigenvalue weighted by molar-refractivity contribution is 5.96. The van der Waals surface area contributed by atoms with Crippen molar-refractivity contribution in [3.8, 4) is 5.75 Å². The molecule has 2 atom stereocenters. The van der Waals surface area contributed by atoms with Crippen LogP contribution in [0.25, 0.3) is 0 Å². The van der Waals surface area contributed by atoms with Gasteiger partial charge in [0.25, 0.3) is 0 Å². The van der Waals surface area contributed by atoms with Gasteiger partial charge in [-0.1, -0.05) is 18.6 Å². The number of methoxy groups -OCH3 is 1. The first-order chi connectivity index (χ1) is 10.2. The fourth-order valence-electron chi connectivity index (χ4n) is 3.68. The van der Waals surface area contributed by atoms with Crippen molar-refractivity contribution in [1.29, 1.82) is 0 Å². The van der Waals surface area contributed by atoms with Crippen LogP contribution in [-0.4, -0.2) is 18.8 Å². The fourth-order valence-corrected chi connectivity index (χ4v) is 3.68. The minimum atomic E-state index is -0.0529. The van der Waals surface area contributed by atoms with E-state index in [2.05, 4.69) is 5.32 Å². The molecule has 0 aliphatic heterocycles. The second-order valence-electron chi connectivity index (χ2n) is 6.08. The molecule has 0 spiro atoms. The molecule has 2 bridgehead atoms. The van der Waals surface area contributed by atoms with Crippen molar-refractivity contribution in [3.05, 3.63) is 24.3 Å². The Morgan fingerprint density at radius 2 is 1.86 bits per heavy atom. The summed E-state index contributed by atoms with van der Waals surface area (Å²) in [6.07, 6.45) is 4.44. The zero-order chi connectivity index (χ0) is 14.8. The van der Waals surface area contributed by atoms with Crippen LogP contribution in [0.15, 0.2) is 24.3 Å². The standard InChI is InChI=1S/C17H21NO3/c1-21-15-8-3-2-7-14(15)18-17(20)13-9-11-5-4-6-12(10-13)16(11)19/h2-3,7-8,11-13H,4-6,9-10H2,1H3,(H,18,20)/t11-,12-/m0/s1. The van der Waals surface area contributed by atoms with Gasteiger partial charge in [0.05, 0.1) is 12.8 Å². The van der Waals surface area contributed by atoms with Gasteiger partial charge in [0, 0.05) is 17.8 Å². The maximum atomic E-state index is 12.5. The summed E-state index contributed by atoms with van der Waals surface area (Å²) in [5.74, 6) is 1.23. The number of Topliss-reactive ketones (excluding diaryl/α,β-unsaturated/α-hetero) is 1. The lowest BCUT2D eigenvalue weighted by atomic mass is 9.67. The number of benzene rings is 1. The predicted octanol–water partition coefficient (Wildman–Crippen LogP) is 3.03. The Balaban J connectivity index is 1.70. The number of hydrogen-bond donors (Lipinski definition) is 1. The molecule has 2 aliphatic rings. The number of ketones is 1. The average molecular weight is 287 g/mol. The third-order valence-electron chi connectivity index (χ3n) is 4.78. The fraction of sp³-hybridized carbons (Fsp3) is 0.529. The van der Waals surface area contributed by atoms with Crippen LogP contribution in [0.3, 0.4) is 0 Å². The van der Waals surface area contributed by atoms with E-state index in [4.69, 9.17) is 4.74 Å². The average Bonchev–Trinajstić information content (AvgIpc) is 2.47. The van der Waals surface area contributed by atoms with Crippen LogP contribution in [0.5, 0.6) is 5.75 Å². The van der Waals surface area contributed by atoms with Crippen LogP contribution in [0.4, 0.5) is 5.69 Å². The number of carbonyl (C=O) groups excluding carboxylic acids is 2. The molecule has 0 saturated heterocycles. The number of amides is 1. The zero-order valence-corrected chi connectivity index (χ0v) is 12.3. The zero-order valence-electron chi connectivity index (χ0n) is 12.3. The third-order valence-corrected chi connectivity index (χ3v) is 4.78. The molecule has 4 nitrogen and oxygen atoms in total. The quantitative estimate of drug-likeness (QED) is 0.929. The number of carbonyl (C=O) groups is 2. The lowest BCUT2D eigenvalue weighted by Gasteiger charge is -2.37. The summed E-state index contributed by atoms with van der Waals surface area (Å²) in [6.45, 7) is 0. The van der Waals surface area contributed by atoms with E-state index in [0.29, 0.717) is 30.1 Å². The Bertz CT molecular complexity index is 539. The van der Waals surface area contributed by atoms with E-state index in [9.17, 15) is 9.59 Å². The third kappa shape index (κ3) is 2.80. The Hall–Kier alpha value is -1.84. The monoisotopic (exact) mass is 287 g/mol. The highest BCUT2D eigenvalue weighted by Gasteiger charge is 2.41. The van der Waals surface area contributed by atoms with Gasteiger partial charge < -0.3 is 10.1 Å². The van der Waals surface area contributed by atoms with Gasteiger partial charge in [-0.05, 0) is 37.8 Å². The molecule has 1 aromatic rings. The van der Waals surface area contributed by atoms with Gasteiger partial charge in [-0.2, -0.15) is 0 Å². The Kier molecular flexibility index (Phi) is 3.95. The predicted molar refractivity (Wildman–Crippen MR) is 80.2 cm³/mol. The minimum Gasteiger partial charge on any atom is -0.495 e. The Morgan fingerprint density at radius 1 is 1.19 bits per heavy atom. The summed E-state index contributed by atoms with van der Waals surface area (Å²) in [7, 11) is 1.59. The molecule has 0 radical (unpaired) electrons. The number of para-hydroxylation sites is 2. The molecule has 1 N–H and O–H groups in total. The van der Waals surface area contributed by atoms with E-state index >= 15 is 0 Å². The van der Waals surface area contributed by atoms with Crippen molar-refractivity contribution in [2.24, 2.45) is 17.8 Å². The van der Waals surface area contributed by atoms with Crippen molar-refractivity contribution >= 4 is 17.4 Å². The van der Waals surface area contributed by atoms with E-state index in [1.807, 2.05) is 24.3 Å². The van der Waals surface area contributed by atoms with Crippen molar-refractivity contribution in [1.82, 2.24) is 0 Å². The lowest BCUT2D eigenvalue weighted by Crippen LogP contribution is -2.40. The van der Waals surface area contributed by atoms with Crippen molar-refractivity contribution in [3.63, 3.8) is 0 Å². The maximum Gasteiger partial charge on any atom is 0.227 e. The molecule has 21 heavy (non-hydrogen) atoms. The van der Waals surface area contributed by atoms with Crippen LogP contribution in [-0.2, 0) is 9.59 Å². The Morgan fingerprint density at radius 3 is 2.52 bits per heavy atom. The molecule has 0 aromatic heterocycles. The van der Waals surface area contributed by atoms with Gasteiger partial charge in [-0.3, -0.25) is 9.59 Å². The summed E-state index contributed by atoms with van der Waals surface area (Å²) < 4.78 is 5.26. The van der Waals surface area contributed by atoms with E-state index in [0.717, 1.165) is 19.3 Å². The van der Waals surface area contributed by atoms with Gasteiger partial charge in [0.1, 0.15) is 11.5 Å². The SMILES string of the molecule is COc1ccccc1NC(=O)C1C[C@@H]2CCC[C@@H](C1)C2=O. The van der Waals surface area contributed by atoms with Crippen molar-refractivity contribution in [2.45, 2.75) is 32.1 Å². The molecular weight excluding hydrogens is 266 g/mol. The summed E-state index contributed by atoms with van der Waals surface area (Å²) in [5, 5.41) is 2.96. The van der Waals surface area contributed by atoms with E-state index in [1.165, 1.54) is 0 Å². The molecule has 2 saturated carbocycles. The van der Waals surface area contributed by atoms with Crippen molar-refractivity contribution < 1.29 is 14.3 Å². The first kappa shape index (κ1) is 14.1. The minimum absolute atomic E-state index is 0.0175. The van der Waals surface area contributed by atoms with Gasteiger partial charge in [0.2, 0.25) is 5.91 Å². The van der Waals surface area contributed by atoms with Gasteiger partial charge >= 0.3 is 0 Å². The second kappa shape index (κ2) is 5.88. The molecule has 4 heteroatoms. The molecule has 1 amide bonds. The summed E-state index contributed by atoms with van der Waals surface area (Å²) in [4.78, 5) is 24.6. The Labute approximate surface area is 124 Å². The molecule has 0 unspecified atom stereocenters. The molecular formula is C17H21NO3. The highest BCUT2D eigenvalue weighted by Crippen LogP contribution is 2.40. The molecule has 112 valence electrons. The largest absolute Gasteiger partial charge is 0.495 e. The normalized spacial score (nSPS) is 28.0. The smallest absolute Gasteiger partial charge is 0.227 e. The van der Waals surface area contributed by atoms with Gasteiger partial charge in [0.15, 0.2) is 0 Å². The molecule has 0 heterocycles. The highest BCUT2D eigenvalue weighted by atomic mass is 16.5. The summed E-state index contributed by atoms with van der Waals surface area (Å²) >= 11 is 0. The first-order valence-electron chi connectivity index (χ1n) is 7.66. The first-order valence-corrected chi connectivity index (χ1v) is 7.66. The number of nitrogens with one attached hydrogen (secondary N) is 1. The lowest BCUT2D eigenvalue weighted by molar-refractivity contribution is -0.136. The van der Waals surface area contributed by atoms with E-state index in [-0.39, 0.29) is 23.7 Å². The van der Waals surface area contributed by atoms with Crippen LogP contribution < -0.4 is 10.1 Å². The van der Waals surface area contributed by atoms with Gasteiger partial charge in [-0.25, -0.2) is 0 Å². The number of hydrogen-bond acceptors (Lipinski definition) is 3. The van der Waals surface area contributed by atoms with Crippen LogP contribution in [0.1, 0.15) is 32.1 Å². The molecule has 2 fully saturated rings. The number of rotatable bonds is 3. The van der Waals surface area contributed by atoms with E-state index < -0.39 is 0 Å². The topological polar surface area (TPSA) is 55.4 Å². The molecule has 2 aliphatic carbocycles. The number of fused-ring (bicyclic) bond motifs is 2. The molecule has 1 aromatic carbocycles. The summed E-state index contributed by atoms with van der Waals surface area (Å²) in [6, 6.07) is 7.41. The number of ether oxygens (including phenoxy) is 1. The summed E-state index contributed by atoms with van der Waals surface area (Å²) in [5.41, 5.74) is 0.701.